The summed E-state index contributed by atoms with van der Waals surface area (Å²) in [5.41, 5.74) is 1.84. The van der Waals surface area contributed by atoms with Crippen LogP contribution in [0, 0.1) is 5.82 Å². The molecule has 1 saturated heterocycles. The quantitative estimate of drug-likeness (QED) is 0.862. The van der Waals surface area contributed by atoms with Crippen LogP contribution in [0.15, 0.2) is 48.5 Å². The fourth-order valence-electron chi connectivity index (χ4n) is 2.60. The third-order valence-electron chi connectivity index (χ3n) is 4.01. The summed E-state index contributed by atoms with van der Waals surface area (Å²) in [6.45, 7) is 2.35. The Kier molecular flexibility index (Phi) is 5.80. The molecular weight excluding hydrogens is 337 g/mol. The number of carbonyl (C=O) groups excluding carboxylic acids is 2. The van der Waals surface area contributed by atoms with Gasteiger partial charge in [0.25, 0.3) is 5.91 Å². The smallest absolute Gasteiger partial charge is 0.254 e. The van der Waals surface area contributed by atoms with E-state index in [-0.39, 0.29) is 24.2 Å². The first-order valence-corrected chi connectivity index (χ1v) is 8.38. The largest absolute Gasteiger partial charge is 0.378 e. The number of nitrogens with one attached hydrogen (secondary N) is 2. The van der Waals surface area contributed by atoms with Gasteiger partial charge in [-0.2, -0.15) is 0 Å². The van der Waals surface area contributed by atoms with Crippen molar-refractivity contribution in [1.29, 1.82) is 0 Å². The molecule has 2 aromatic carbocycles. The summed E-state index contributed by atoms with van der Waals surface area (Å²) < 4.78 is 18.1. The van der Waals surface area contributed by atoms with E-state index in [0.717, 1.165) is 0 Å². The molecule has 0 saturated carbocycles. The summed E-state index contributed by atoms with van der Waals surface area (Å²) in [7, 11) is 0. The Balaban J connectivity index is 1.50. The minimum Gasteiger partial charge on any atom is -0.378 e. The van der Waals surface area contributed by atoms with Gasteiger partial charge < -0.3 is 20.3 Å². The molecule has 0 aliphatic carbocycles. The lowest BCUT2D eigenvalue weighted by atomic mass is 10.1. The number of nitrogens with zero attached hydrogens (tertiary/aromatic N) is 1. The zero-order valence-electron chi connectivity index (χ0n) is 14.2. The van der Waals surface area contributed by atoms with Gasteiger partial charge in [0, 0.05) is 30.0 Å². The first kappa shape index (κ1) is 17.9. The molecular formula is C19H20FN3O3. The van der Waals surface area contributed by atoms with Gasteiger partial charge >= 0.3 is 0 Å². The molecule has 0 unspecified atom stereocenters. The standard InChI is InChI=1S/C19H20FN3O3/c20-15-3-7-16(8-4-15)21-13-18(24)22-17-5-1-14(2-6-17)19(25)23-9-11-26-12-10-23/h1-8,21H,9-13H2,(H,22,24). The molecule has 1 aliphatic heterocycles. The summed E-state index contributed by atoms with van der Waals surface area (Å²) in [5.74, 6) is -0.600. The Bertz CT molecular complexity index is 757. The van der Waals surface area contributed by atoms with Crippen LogP contribution in [-0.4, -0.2) is 49.6 Å². The SMILES string of the molecule is O=C(CNc1ccc(F)cc1)Nc1ccc(C(=O)N2CCOCC2)cc1. The Hall–Kier alpha value is -2.93. The monoisotopic (exact) mass is 357 g/mol. The lowest BCUT2D eigenvalue weighted by Gasteiger charge is -2.26. The van der Waals surface area contributed by atoms with E-state index in [1.807, 2.05) is 0 Å². The molecule has 7 heteroatoms. The third kappa shape index (κ3) is 4.80. The fraction of sp³-hybridized carbons (Fsp3) is 0.263. The minimum absolute atomic E-state index is 0.0378. The molecule has 26 heavy (non-hydrogen) atoms. The minimum atomic E-state index is -0.327. The number of rotatable bonds is 5. The zero-order valence-corrected chi connectivity index (χ0v) is 14.2. The van der Waals surface area contributed by atoms with Gasteiger partial charge in [0.05, 0.1) is 19.8 Å². The van der Waals surface area contributed by atoms with Gasteiger partial charge in [-0.25, -0.2) is 4.39 Å². The highest BCUT2D eigenvalue weighted by molar-refractivity contribution is 5.96. The van der Waals surface area contributed by atoms with E-state index in [1.165, 1.54) is 12.1 Å². The fourth-order valence-corrected chi connectivity index (χ4v) is 2.60. The van der Waals surface area contributed by atoms with E-state index in [0.29, 0.717) is 43.2 Å². The maximum absolute atomic E-state index is 12.8. The molecule has 3 rings (SSSR count). The van der Waals surface area contributed by atoms with E-state index >= 15 is 0 Å². The van der Waals surface area contributed by atoms with Gasteiger partial charge in [-0.3, -0.25) is 9.59 Å². The van der Waals surface area contributed by atoms with E-state index in [2.05, 4.69) is 10.6 Å². The average molecular weight is 357 g/mol. The summed E-state index contributed by atoms with van der Waals surface area (Å²) in [5, 5.41) is 5.66. The Morgan fingerprint density at radius 1 is 0.962 bits per heavy atom. The molecule has 2 N–H and O–H groups in total. The van der Waals surface area contributed by atoms with Crippen LogP contribution < -0.4 is 10.6 Å². The number of halogens is 1. The maximum Gasteiger partial charge on any atom is 0.254 e. The summed E-state index contributed by atoms with van der Waals surface area (Å²) in [6, 6.07) is 12.6. The van der Waals surface area contributed by atoms with Crippen LogP contribution in [0.4, 0.5) is 15.8 Å². The van der Waals surface area contributed by atoms with E-state index in [1.54, 1.807) is 41.3 Å². The van der Waals surface area contributed by atoms with Gasteiger partial charge in [-0.15, -0.1) is 0 Å². The summed E-state index contributed by atoms with van der Waals surface area (Å²) in [6.07, 6.45) is 0. The van der Waals surface area contributed by atoms with Gasteiger partial charge in [-0.05, 0) is 48.5 Å². The second-order valence-electron chi connectivity index (χ2n) is 5.89. The molecule has 1 aliphatic rings. The van der Waals surface area contributed by atoms with Crippen LogP contribution in [0.25, 0.3) is 0 Å². The molecule has 0 radical (unpaired) electrons. The second-order valence-corrected chi connectivity index (χ2v) is 5.89. The number of morpholine rings is 1. The molecule has 136 valence electrons. The first-order valence-electron chi connectivity index (χ1n) is 8.38. The predicted octanol–water partition coefficient (Wildman–Crippen LogP) is 2.35. The van der Waals surface area contributed by atoms with E-state index < -0.39 is 0 Å². The van der Waals surface area contributed by atoms with Gasteiger partial charge in [-0.1, -0.05) is 0 Å². The third-order valence-corrected chi connectivity index (χ3v) is 4.01. The Morgan fingerprint density at radius 3 is 2.23 bits per heavy atom. The lowest BCUT2D eigenvalue weighted by molar-refractivity contribution is -0.114. The van der Waals surface area contributed by atoms with E-state index in [4.69, 9.17) is 4.74 Å². The summed E-state index contributed by atoms with van der Waals surface area (Å²) >= 11 is 0. The Labute approximate surface area is 150 Å². The second kappa shape index (κ2) is 8.44. The van der Waals surface area contributed by atoms with Crippen LogP contribution in [-0.2, 0) is 9.53 Å². The highest BCUT2D eigenvalue weighted by Crippen LogP contribution is 2.13. The van der Waals surface area contributed by atoms with Crippen LogP contribution in [0.2, 0.25) is 0 Å². The van der Waals surface area contributed by atoms with Crippen LogP contribution in [0.5, 0.6) is 0 Å². The van der Waals surface area contributed by atoms with Crippen molar-refractivity contribution in [1.82, 2.24) is 4.90 Å². The topological polar surface area (TPSA) is 70.7 Å². The predicted molar refractivity (Wildman–Crippen MR) is 96.7 cm³/mol. The number of hydrogen-bond acceptors (Lipinski definition) is 4. The van der Waals surface area contributed by atoms with Crippen molar-refractivity contribution in [3.05, 3.63) is 59.9 Å². The number of hydrogen-bond donors (Lipinski definition) is 2. The zero-order chi connectivity index (χ0) is 18.4. The number of carbonyl (C=O) groups is 2. The first-order chi connectivity index (χ1) is 12.6. The Morgan fingerprint density at radius 2 is 1.58 bits per heavy atom. The molecule has 2 amide bonds. The maximum atomic E-state index is 12.8. The van der Waals surface area contributed by atoms with Gasteiger partial charge in [0.1, 0.15) is 5.82 Å². The van der Waals surface area contributed by atoms with Crippen molar-refractivity contribution < 1.29 is 18.7 Å². The number of amides is 2. The highest BCUT2D eigenvalue weighted by Gasteiger charge is 2.18. The van der Waals surface area contributed by atoms with Crippen LogP contribution in [0.1, 0.15) is 10.4 Å². The van der Waals surface area contributed by atoms with Crippen LogP contribution >= 0.6 is 0 Å². The van der Waals surface area contributed by atoms with Crippen molar-refractivity contribution in [2.24, 2.45) is 0 Å². The summed E-state index contributed by atoms with van der Waals surface area (Å²) in [4.78, 5) is 26.1. The molecule has 0 spiro atoms. The van der Waals surface area contributed by atoms with Crippen molar-refractivity contribution >= 4 is 23.2 Å². The van der Waals surface area contributed by atoms with Crippen LogP contribution in [0.3, 0.4) is 0 Å². The number of anilines is 2. The molecule has 0 aromatic heterocycles. The molecule has 0 atom stereocenters. The molecule has 6 nitrogen and oxygen atoms in total. The lowest BCUT2D eigenvalue weighted by Crippen LogP contribution is -2.40. The molecule has 0 bridgehead atoms. The van der Waals surface area contributed by atoms with Gasteiger partial charge in [0.15, 0.2) is 0 Å². The van der Waals surface area contributed by atoms with Crippen molar-refractivity contribution in [2.45, 2.75) is 0 Å². The highest BCUT2D eigenvalue weighted by atomic mass is 19.1. The molecule has 1 heterocycles. The van der Waals surface area contributed by atoms with Crippen molar-refractivity contribution in [2.75, 3.05) is 43.5 Å². The normalized spacial score (nSPS) is 14.0. The number of ether oxygens (including phenoxy) is 1. The number of benzene rings is 2. The molecule has 1 fully saturated rings. The van der Waals surface area contributed by atoms with Gasteiger partial charge in [0.2, 0.25) is 5.91 Å². The van der Waals surface area contributed by atoms with Crippen molar-refractivity contribution in [3.8, 4) is 0 Å². The average Bonchev–Trinajstić information content (AvgIpc) is 2.68. The van der Waals surface area contributed by atoms with Crippen molar-refractivity contribution in [3.63, 3.8) is 0 Å². The molecule has 2 aromatic rings. The van der Waals surface area contributed by atoms with E-state index in [9.17, 15) is 14.0 Å².